The van der Waals surface area contributed by atoms with Crippen molar-refractivity contribution in [3.8, 4) is 0 Å². The minimum atomic E-state index is -4.55. The van der Waals surface area contributed by atoms with Crippen molar-refractivity contribution < 1.29 is 21.6 Å². The van der Waals surface area contributed by atoms with Crippen molar-refractivity contribution in [1.29, 1.82) is 0 Å². The third-order valence-electron chi connectivity index (χ3n) is 3.55. The van der Waals surface area contributed by atoms with Gasteiger partial charge in [-0.05, 0) is 38.0 Å². The molecule has 0 aliphatic carbocycles. The maximum atomic E-state index is 12.6. The highest BCUT2D eigenvalue weighted by Gasteiger charge is 2.40. The minimum Gasteiger partial charge on any atom is -0.223 e. The average molecular weight is 294 g/mol. The van der Waals surface area contributed by atoms with Crippen LogP contribution in [0.2, 0.25) is 0 Å². The summed E-state index contributed by atoms with van der Waals surface area (Å²) in [5.74, 6) is -0.216. The Balaban J connectivity index is 3.40. The highest BCUT2D eigenvalue weighted by atomic mass is 32.2. The quantitative estimate of drug-likeness (QED) is 0.847. The van der Waals surface area contributed by atoms with Gasteiger partial charge >= 0.3 is 6.18 Å². The molecule has 0 atom stereocenters. The Bertz CT molecular complexity index is 557. The summed E-state index contributed by atoms with van der Waals surface area (Å²) in [7, 11) is -3.82. The van der Waals surface area contributed by atoms with Crippen molar-refractivity contribution in [2.24, 2.45) is 5.92 Å². The molecule has 0 N–H and O–H groups in total. The average Bonchev–Trinajstić information content (AvgIpc) is 2.27. The van der Waals surface area contributed by atoms with E-state index in [0.29, 0.717) is 6.07 Å². The second kappa shape index (κ2) is 4.81. The van der Waals surface area contributed by atoms with Crippen molar-refractivity contribution in [2.45, 2.75) is 43.5 Å². The maximum absolute atomic E-state index is 12.6. The number of alkyl halides is 3. The van der Waals surface area contributed by atoms with Gasteiger partial charge in [-0.25, -0.2) is 8.42 Å². The molecule has 108 valence electrons. The van der Waals surface area contributed by atoms with Gasteiger partial charge in [-0.1, -0.05) is 19.9 Å². The lowest BCUT2D eigenvalue weighted by Gasteiger charge is -2.29. The summed E-state index contributed by atoms with van der Waals surface area (Å²) in [5.41, 5.74) is -0.951. The Hall–Kier alpha value is -1.04. The molecule has 1 aromatic carbocycles. The van der Waals surface area contributed by atoms with Gasteiger partial charge in [0.15, 0.2) is 9.84 Å². The summed E-state index contributed by atoms with van der Waals surface area (Å²) in [6, 6.07) is 3.88. The Kier molecular flexibility index (Phi) is 4.06. The summed E-state index contributed by atoms with van der Waals surface area (Å²) in [6.07, 6.45) is -4.55. The molecule has 2 nitrogen and oxygen atoms in total. The van der Waals surface area contributed by atoms with Crippen LogP contribution in [-0.2, 0) is 16.0 Å². The normalized spacial score (nSPS) is 13.9. The van der Waals surface area contributed by atoms with Crippen LogP contribution in [0, 0.1) is 5.92 Å². The lowest BCUT2D eigenvalue weighted by atomic mass is 10.00. The Morgan fingerprint density at radius 2 is 1.63 bits per heavy atom. The van der Waals surface area contributed by atoms with Crippen LogP contribution in [-0.4, -0.2) is 13.2 Å². The predicted molar refractivity (Wildman–Crippen MR) is 67.5 cm³/mol. The number of sulfone groups is 1. The van der Waals surface area contributed by atoms with E-state index in [0.717, 1.165) is 12.1 Å². The van der Waals surface area contributed by atoms with E-state index in [1.54, 1.807) is 13.8 Å². The smallest absolute Gasteiger partial charge is 0.223 e. The molecule has 0 radical (unpaired) electrons. The van der Waals surface area contributed by atoms with Crippen LogP contribution in [0.25, 0.3) is 0 Å². The van der Waals surface area contributed by atoms with Gasteiger partial charge in [0.2, 0.25) is 0 Å². The number of benzene rings is 1. The van der Waals surface area contributed by atoms with Gasteiger partial charge < -0.3 is 0 Å². The van der Waals surface area contributed by atoms with Crippen molar-refractivity contribution in [3.05, 3.63) is 29.8 Å². The van der Waals surface area contributed by atoms with E-state index < -0.39 is 26.3 Å². The molecule has 0 aliphatic heterocycles. The summed E-state index contributed by atoms with van der Waals surface area (Å²) in [6.45, 7) is 6.50. The fourth-order valence-electron chi connectivity index (χ4n) is 1.45. The molecule has 1 rings (SSSR count). The molecule has 19 heavy (non-hydrogen) atoms. The number of hydrogen-bond acceptors (Lipinski definition) is 2. The van der Waals surface area contributed by atoms with Gasteiger partial charge in [-0.2, -0.15) is 13.2 Å². The standard InChI is InChI=1S/C13H17F3O2S/c1-9(2)12(3,4)19(17,18)11-7-5-6-10(8-11)13(14,15)16/h5-9H,1-4H3. The summed E-state index contributed by atoms with van der Waals surface area (Å²) in [4.78, 5) is -0.291. The molecule has 0 unspecified atom stereocenters. The fourth-order valence-corrected chi connectivity index (χ4v) is 3.22. The third kappa shape index (κ3) is 2.94. The molecule has 0 saturated carbocycles. The van der Waals surface area contributed by atoms with Crippen molar-refractivity contribution >= 4 is 9.84 Å². The number of halogens is 3. The summed E-state index contributed by atoms with van der Waals surface area (Å²) >= 11 is 0. The third-order valence-corrected chi connectivity index (χ3v) is 6.29. The molecular weight excluding hydrogens is 277 g/mol. The van der Waals surface area contributed by atoms with E-state index in [1.165, 1.54) is 19.9 Å². The number of rotatable bonds is 3. The monoisotopic (exact) mass is 294 g/mol. The first-order chi connectivity index (χ1) is 8.40. The van der Waals surface area contributed by atoms with E-state index in [1.807, 2.05) is 0 Å². The second-order valence-electron chi connectivity index (χ2n) is 5.29. The van der Waals surface area contributed by atoms with Crippen molar-refractivity contribution in [2.75, 3.05) is 0 Å². The molecule has 0 heterocycles. The topological polar surface area (TPSA) is 34.1 Å². The van der Waals surface area contributed by atoms with Gasteiger partial charge in [0.1, 0.15) is 0 Å². The van der Waals surface area contributed by atoms with Crippen LogP contribution in [0.15, 0.2) is 29.2 Å². The van der Waals surface area contributed by atoms with Gasteiger partial charge in [-0.15, -0.1) is 0 Å². The van der Waals surface area contributed by atoms with Crippen LogP contribution < -0.4 is 0 Å². The Morgan fingerprint density at radius 1 is 1.11 bits per heavy atom. The first-order valence-corrected chi connectivity index (χ1v) is 7.31. The van der Waals surface area contributed by atoms with E-state index >= 15 is 0 Å². The molecular formula is C13H17F3O2S. The number of hydrogen-bond donors (Lipinski definition) is 0. The van der Waals surface area contributed by atoms with E-state index in [2.05, 4.69) is 0 Å². The van der Waals surface area contributed by atoms with Gasteiger partial charge in [0.05, 0.1) is 15.2 Å². The van der Waals surface area contributed by atoms with Gasteiger partial charge in [-0.3, -0.25) is 0 Å². The zero-order valence-corrected chi connectivity index (χ0v) is 12.1. The van der Waals surface area contributed by atoms with E-state index in [4.69, 9.17) is 0 Å². The first-order valence-electron chi connectivity index (χ1n) is 5.82. The first kappa shape index (κ1) is 16.0. The van der Waals surface area contributed by atoms with E-state index in [9.17, 15) is 21.6 Å². The largest absolute Gasteiger partial charge is 0.416 e. The Labute approximate surface area is 111 Å². The predicted octanol–water partition coefficient (Wildman–Crippen LogP) is 3.91. The molecule has 6 heteroatoms. The minimum absolute atomic E-state index is 0.216. The molecule has 0 amide bonds. The van der Waals surface area contributed by atoms with Crippen molar-refractivity contribution in [3.63, 3.8) is 0 Å². The molecule has 0 aliphatic rings. The fraction of sp³-hybridized carbons (Fsp3) is 0.538. The van der Waals surface area contributed by atoms with Crippen LogP contribution in [0.3, 0.4) is 0 Å². The van der Waals surface area contributed by atoms with E-state index in [-0.39, 0.29) is 10.8 Å². The van der Waals surface area contributed by atoms with Crippen LogP contribution in [0.5, 0.6) is 0 Å². The highest BCUT2D eigenvalue weighted by Crippen LogP contribution is 2.35. The zero-order valence-electron chi connectivity index (χ0n) is 11.2. The van der Waals surface area contributed by atoms with Crippen LogP contribution in [0.4, 0.5) is 13.2 Å². The second-order valence-corrected chi connectivity index (χ2v) is 7.82. The molecule has 0 fully saturated rings. The summed E-state index contributed by atoms with van der Waals surface area (Å²) in [5, 5.41) is 0. The summed E-state index contributed by atoms with van der Waals surface area (Å²) < 4.78 is 61.5. The zero-order chi connectivity index (χ0) is 15.1. The van der Waals surface area contributed by atoms with Crippen LogP contribution >= 0.6 is 0 Å². The van der Waals surface area contributed by atoms with Gasteiger partial charge in [0, 0.05) is 0 Å². The lowest BCUT2D eigenvalue weighted by molar-refractivity contribution is -0.137. The van der Waals surface area contributed by atoms with Gasteiger partial charge in [0.25, 0.3) is 0 Å². The molecule has 0 spiro atoms. The van der Waals surface area contributed by atoms with Crippen LogP contribution in [0.1, 0.15) is 33.3 Å². The molecule has 0 bridgehead atoms. The molecule has 1 aromatic rings. The van der Waals surface area contributed by atoms with Crippen molar-refractivity contribution in [1.82, 2.24) is 0 Å². The molecule has 0 aromatic heterocycles. The lowest BCUT2D eigenvalue weighted by Crippen LogP contribution is -2.37. The Morgan fingerprint density at radius 3 is 2.05 bits per heavy atom. The maximum Gasteiger partial charge on any atom is 0.416 e. The highest BCUT2D eigenvalue weighted by molar-refractivity contribution is 7.92. The SMILES string of the molecule is CC(C)C(C)(C)S(=O)(=O)c1cccc(C(F)(F)F)c1. The molecule has 0 saturated heterocycles.